The summed E-state index contributed by atoms with van der Waals surface area (Å²) in [7, 11) is 0. The largest absolute Gasteiger partial charge is 0.383 e. The highest BCUT2D eigenvalue weighted by atomic mass is 15.0. The van der Waals surface area contributed by atoms with Crippen LogP contribution in [0.2, 0.25) is 0 Å². The molecular formula is C15H11N5. The van der Waals surface area contributed by atoms with Crippen molar-refractivity contribution in [1.29, 1.82) is 0 Å². The van der Waals surface area contributed by atoms with Crippen LogP contribution in [0.1, 0.15) is 0 Å². The number of rotatable bonds is 1. The van der Waals surface area contributed by atoms with Gasteiger partial charge in [-0.1, -0.05) is 12.1 Å². The molecule has 4 aromatic rings. The van der Waals surface area contributed by atoms with Crippen LogP contribution < -0.4 is 5.73 Å². The van der Waals surface area contributed by atoms with Gasteiger partial charge in [-0.25, -0.2) is 15.0 Å². The van der Waals surface area contributed by atoms with Crippen LogP contribution in [0.25, 0.3) is 33.5 Å². The Bertz CT molecular complexity index is 893. The number of H-pyrrole nitrogens is 1. The van der Waals surface area contributed by atoms with E-state index in [0.717, 1.165) is 27.8 Å². The monoisotopic (exact) mass is 261 g/mol. The summed E-state index contributed by atoms with van der Waals surface area (Å²) in [5.74, 6) is 1.15. The zero-order valence-electron chi connectivity index (χ0n) is 10.5. The lowest BCUT2D eigenvalue weighted by Crippen LogP contribution is -1.97. The molecule has 0 bridgehead atoms. The average Bonchev–Trinajstić information content (AvgIpc) is 2.90. The third-order valence-electron chi connectivity index (χ3n) is 3.26. The van der Waals surface area contributed by atoms with E-state index in [9.17, 15) is 0 Å². The minimum Gasteiger partial charge on any atom is -0.383 e. The molecule has 0 spiro atoms. The molecule has 0 saturated carbocycles. The number of nitrogen functional groups attached to an aromatic ring is 1. The minimum absolute atomic E-state index is 0.426. The van der Waals surface area contributed by atoms with Gasteiger partial charge in [0.25, 0.3) is 0 Å². The number of benzene rings is 1. The van der Waals surface area contributed by atoms with Gasteiger partial charge in [-0.05, 0) is 30.3 Å². The van der Waals surface area contributed by atoms with Gasteiger partial charge in [0.15, 0.2) is 5.65 Å². The summed E-state index contributed by atoms with van der Waals surface area (Å²) in [6.07, 6.45) is 1.70. The Morgan fingerprint density at radius 2 is 1.90 bits per heavy atom. The molecule has 4 rings (SSSR count). The maximum atomic E-state index is 6.03. The van der Waals surface area contributed by atoms with Crippen LogP contribution in [-0.2, 0) is 0 Å². The molecule has 0 amide bonds. The number of para-hydroxylation sites is 2. The first-order chi connectivity index (χ1) is 9.81. The number of hydrogen-bond donors (Lipinski definition) is 2. The van der Waals surface area contributed by atoms with Crippen molar-refractivity contribution in [2.75, 3.05) is 5.73 Å². The van der Waals surface area contributed by atoms with Crippen molar-refractivity contribution in [1.82, 2.24) is 19.9 Å². The lowest BCUT2D eigenvalue weighted by molar-refractivity contribution is 1.27. The van der Waals surface area contributed by atoms with Gasteiger partial charge in [0, 0.05) is 11.6 Å². The number of aromatic amines is 1. The average molecular weight is 261 g/mol. The number of hydrogen-bond acceptors (Lipinski definition) is 4. The molecule has 96 valence electrons. The van der Waals surface area contributed by atoms with Crippen LogP contribution in [0, 0.1) is 0 Å². The van der Waals surface area contributed by atoms with Gasteiger partial charge in [0.2, 0.25) is 0 Å². The van der Waals surface area contributed by atoms with Crippen molar-refractivity contribution in [3.05, 3.63) is 48.7 Å². The van der Waals surface area contributed by atoms with Crippen LogP contribution in [0.5, 0.6) is 0 Å². The second kappa shape index (κ2) is 4.03. The highest BCUT2D eigenvalue weighted by molar-refractivity contribution is 5.87. The van der Waals surface area contributed by atoms with E-state index in [1.54, 1.807) is 6.20 Å². The Morgan fingerprint density at radius 3 is 2.80 bits per heavy atom. The summed E-state index contributed by atoms with van der Waals surface area (Å²) in [5, 5.41) is 0.942. The standard InChI is InChI=1S/C15H11N5/c16-13-10(8-9-4-3-7-17-14(9)20-13)15-18-11-5-1-2-6-12(11)19-15/h1-8H,(H,18,19)(H2,16,17,20). The topological polar surface area (TPSA) is 80.5 Å². The fourth-order valence-electron chi connectivity index (χ4n) is 2.29. The van der Waals surface area contributed by atoms with Gasteiger partial charge < -0.3 is 10.7 Å². The first kappa shape index (κ1) is 10.9. The smallest absolute Gasteiger partial charge is 0.161 e. The van der Waals surface area contributed by atoms with Crippen LogP contribution in [-0.4, -0.2) is 19.9 Å². The number of fused-ring (bicyclic) bond motifs is 2. The third-order valence-corrected chi connectivity index (χ3v) is 3.26. The Hall–Kier alpha value is -2.95. The summed E-state index contributed by atoms with van der Waals surface area (Å²) >= 11 is 0. The second-order valence-electron chi connectivity index (χ2n) is 4.57. The molecule has 0 aliphatic heterocycles. The number of nitrogens with one attached hydrogen (secondary N) is 1. The molecule has 5 nitrogen and oxygen atoms in total. The number of imidazole rings is 1. The minimum atomic E-state index is 0.426. The molecule has 0 unspecified atom stereocenters. The predicted octanol–water partition coefficient (Wildman–Crippen LogP) is 2.76. The van der Waals surface area contributed by atoms with Crippen LogP contribution in [0.3, 0.4) is 0 Å². The number of nitrogens with zero attached hydrogens (tertiary/aromatic N) is 3. The number of anilines is 1. The molecule has 3 N–H and O–H groups in total. The molecule has 5 heteroatoms. The first-order valence-electron chi connectivity index (χ1n) is 6.27. The quantitative estimate of drug-likeness (QED) is 0.552. The van der Waals surface area contributed by atoms with Crippen molar-refractivity contribution >= 4 is 27.9 Å². The summed E-state index contributed by atoms with van der Waals surface area (Å²) in [4.78, 5) is 16.3. The second-order valence-corrected chi connectivity index (χ2v) is 4.57. The van der Waals surface area contributed by atoms with Gasteiger partial charge in [0.1, 0.15) is 11.6 Å². The highest BCUT2D eigenvalue weighted by Crippen LogP contribution is 2.27. The van der Waals surface area contributed by atoms with Crippen LogP contribution >= 0.6 is 0 Å². The molecule has 0 radical (unpaired) electrons. The molecule has 3 aromatic heterocycles. The van der Waals surface area contributed by atoms with E-state index in [4.69, 9.17) is 5.73 Å². The Balaban J connectivity index is 1.98. The maximum absolute atomic E-state index is 6.03. The zero-order valence-corrected chi connectivity index (χ0v) is 10.5. The molecule has 3 heterocycles. The lowest BCUT2D eigenvalue weighted by Gasteiger charge is -2.03. The summed E-state index contributed by atoms with van der Waals surface area (Å²) < 4.78 is 0. The lowest BCUT2D eigenvalue weighted by atomic mass is 10.2. The third kappa shape index (κ3) is 1.60. The Labute approximate surface area is 114 Å². The number of aromatic nitrogens is 4. The molecule has 0 saturated heterocycles. The molecule has 0 atom stereocenters. The molecule has 20 heavy (non-hydrogen) atoms. The zero-order chi connectivity index (χ0) is 13.5. The van der Waals surface area contributed by atoms with E-state index in [1.165, 1.54) is 0 Å². The number of nitrogens with two attached hydrogens (primary N) is 1. The van der Waals surface area contributed by atoms with E-state index in [-0.39, 0.29) is 0 Å². The fraction of sp³-hybridized carbons (Fsp3) is 0. The molecule has 1 aromatic carbocycles. The van der Waals surface area contributed by atoms with Crippen LogP contribution in [0.4, 0.5) is 5.82 Å². The molecule has 0 aliphatic rings. The van der Waals surface area contributed by atoms with E-state index in [1.807, 2.05) is 42.5 Å². The van der Waals surface area contributed by atoms with Crippen molar-refractivity contribution in [2.24, 2.45) is 0 Å². The Morgan fingerprint density at radius 1 is 1.00 bits per heavy atom. The predicted molar refractivity (Wildman–Crippen MR) is 79.0 cm³/mol. The summed E-state index contributed by atoms with van der Waals surface area (Å²) in [5.41, 5.74) is 9.36. The first-order valence-corrected chi connectivity index (χ1v) is 6.27. The maximum Gasteiger partial charge on any atom is 0.161 e. The normalized spacial score (nSPS) is 11.2. The Kier molecular flexibility index (Phi) is 2.20. The van der Waals surface area contributed by atoms with Crippen LogP contribution in [0.15, 0.2) is 48.7 Å². The van der Waals surface area contributed by atoms with E-state index in [0.29, 0.717) is 11.5 Å². The van der Waals surface area contributed by atoms with E-state index < -0.39 is 0 Å². The van der Waals surface area contributed by atoms with Crippen molar-refractivity contribution < 1.29 is 0 Å². The van der Waals surface area contributed by atoms with Crippen molar-refractivity contribution in [3.63, 3.8) is 0 Å². The van der Waals surface area contributed by atoms with Crippen molar-refractivity contribution in [2.45, 2.75) is 0 Å². The summed E-state index contributed by atoms with van der Waals surface area (Å²) in [6.45, 7) is 0. The molecule has 0 aliphatic carbocycles. The van der Waals surface area contributed by atoms with Crippen molar-refractivity contribution in [3.8, 4) is 11.4 Å². The summed E-state index contributed by atoms with van der Waals surface area (Å²) in [6, 6.07) is 13.7. The van der Waals surface area contributed by atoms with Gasteiger partial charge in [0.05, 0.1) is 16.6 Å². The fourth-order valence-corrected chi connectivity index (χ4v) is 2.29. The highest BCUT2D eigenvalue weighted by Gasteiger charge is 2.11. The van der Waals surface area contributed by atoms with Gasteiger partial charge in [-0.15, -0.1) is 0 Å². The van der Waals surface area contributed by atoms with Gasteiger partial charge >= 0.3 is 0 Å². The number of pyridine rings is 2. The van der Waals surface area contributed by atoms with E-state index >= 15 is 0 Å². The molecular weight excluding hydrogens is 250 g/mol. The molecule has 0 fully saturated rings. The van der Waals surface area contributed by atoms with Gasteiger partial charge in [-0.2, -0.15) is 0 Å². The van der Waals surface area contributed by atoms with E-state index in [2.05, 4.69) is 19.9 Å². The van der Waals surface area contributed by atoms with Gasteiger partial charge in [-0.3, -0.25) is 0 Å². The SMILES string of the molecule is Nc1nc2ncccc2cc1-c1nc2ccccc2[nH]1.